The summed E-state index contributed by atoms with van der Waals surface area (Å²) in [5.41, 5.74) is 1.32. The van der Waals surface area contributed by atoms with Crippen LogP contribution in [0.3, 0.4) is 0 Å². The molecule has 0 heterocycles. The molecule has 0 bridgehead atoms. The molecular weight excluding hydrogens is 250 g/mol. The van der Waals surface area contributed by atoms with Crippen molar-refractivity contribution in [3.63, 3.8) is 0 Å². The highest BCUT2D eigenvalue weighted by atomic mass is 35.5. The molecule has 1 atom stereocenters. The molecule has 0 aliphatic carbocycles. The Morgan fingerprint density at radius 2 is 1.67 bits per heavy atom. The van der Waals surface area contributed by atoms with Crippen LogP contribution in [-0.2, 0) is 4.79 Å². The normalized spacial score (nSPS) is 11.8. The molecule has 2 aromatic carbocycles. The number of carbonyl (C=O) groups excluding carboxylic acids is 1. The van der Waals surface area contributed by atoms with Gasteiger partial charge in [0, 0.05) is 10.7 Å². The molecule has 0 aliphatic heterocycles. The van der Waals surface area contributed by atoms with Gasteiger partial charge in [0.1, 0.15) is 0 Å². The minimum absolute atomic E-state index is 0.602. The summed E-state index contributed by atoms with van der Waals surface area (Å²) in [5, 5.41) is 14.7. The number of anilines is 1. The van der Waals surface area contributed by atoms with Gasteiger partial charge in [-0.1, -0.05) is 41.9 Å². The van der Waals surface area contributed by atoms with Crippen LogP contribution < -0.4 is 10.4 Å². The number of nitrogens with one attached hydrogen (secondary N) is 1. The number of hydrogen-bond acceptors (Lipinski definition) is 3. The predicted octanol–water partition coefficient (Wildman–Crippen LogP) is 2.24. The lowest BCUT2D eigenvalue weighted by Crippen LogP contribution is -2.34. The van der Waals surface area contributed by atoms with Gasteiger partial charge in [0.2, 0.25) is 0 Å². The number of halogens is 1. The van der Waals surface area contributed by atoms with Crippen molar-refractivity contribution in [2.24, 2.45) is 0 Å². The van der Waals surface area contributed by atoms with Crippen LogP contribution in [0.1, 0.15) is 11.6 Å². The molecule has 92 valence electrons. The summed E-state index contributed by atoms with van der Waals surface area (Å²) in [6, 6.07) is 14.8. The molecular formula is C14H11ClNO2-. The molecule has 0 saturated heterocycles. The van der Waals surface area contributed by atoms with Gasteiger partial charge in [0.25, 0.3) is 0 Å². The number of carboxylic acids is 1. The highest BCUT2D eigenvalue weighted by Gasteiger charge is 2.11. The fourth-order valence-electron chi connectivity index (χ4n) is 1.64. The summed E-state index contributed by atoms with van der Waals surface area (Å²) in [5.74, 6) is -1.17. The zero-order valence-corrected chi connectivity index (χ0v) is 10.2. The summed E-state index contributed by atoms with van der Waals surface area (Å²) in [6.07, 6.45) is 0. The Kier molecular flexibility index (Phi) is 3.85. The van der Waals surface area contributed by atoms with Crippen LogP contribution in [-0.4, -0.2) is 5.97 Å². The van der Waals surface area contributed by atoms with E-state index in [0.29, 0.717) is 16.3 Å². The molecule has 4 heteroatoms. The lowest BCUT2D eigenvalue weighted by Gasteiger charge is -2.21. The van der Waals surface area contributed by atoms with Gasteiger partial charge in [-0.3, -0.25) is 0 Å². The van der Waals surface area contributed by atoms with Gasteiger partial charge >= 0.3 is 0 Å². The van der Waals surface area contributed by atoms with E-state index in [4.69, 9.17) is 11.6 Å². The summed E-state index contributed by atoms with van der Waals surface area (Å²) in [7, 11) is 0. The standard InChI is InChI=1S/C14H12ClNO2/c15-11-6-8-12(9-7-11)16-13(14(17)18)10-4-2-1-3-5-10/h1-9,13,16H,(H,17,18)/p-1/t13-/m1/s1. The lowest BCUT2D eigenvalue weighted by atomic mass is 10.1. The Hall–Kier alpha value is -2.00. The zero-order chi connectivity index (χ0) is 13.0. The van der Waals surface area contributed by atoms with E-state index in [1.54, 1.807) is 48.5 Å². The monoisotopic (exact) mass is 260 g/mol. The van der Waals surface area contributed by atoms with Crippen LogP contribution in [0.15, 0.2) is 54.6 Å². The van der Waals surface area contributed by atoms with Crippen molar-refractivity contribution in [1.82, 2.24) is 0 Å². The van der Waals surface area contributed by atoms with Gasteiger partial charge in [-0.05, 0) is 29.8 Å². The van der Waals surface area contributed by atoms with Crippen LogP contribution in [0, 0.1) is 0 Å². The fourth-order valence-corrected chi connectivity index (χ4v) is 1.76. The van der Waals surface area contributed by atoms with Crippen molar-refractivity contribution in [1.29, 1.82) is 0 Å². The van der Waals surface area contributed by atoms with Crippen molar-refractivity contribution >= 4 is 23.3 Å². The van der Waals surface area contributed by atoms with Crippen molar-refractivity contribution in [2.45, 2.75) is 6.04 Å². The highest BCUT2D eigenvalue weighted by Crippen LogP contribution is 2.20. The van der Waals surface area contributed by atoms with Crippen molar-refractivity contribution in [3.05, 3.63) is 65.2 Å². The smallest absolute Gasteiger partial charge is 0.0912 e. The maximum Gasteiger partial charge on any atom is 0.0912 e. The molecule has 18 heavy (non-hydrogen) atoms. The first kappa shape index (κ1) is 12.5. The van der Waals surface area contributed by atoms with Crippen LogP contribution in [0.2, 0.25) is 5.02 Å². The van der Waals surface area contributed by atoms with Crippen LogP contribution in [0.4, 0.5) is 5.69 Å². The SMILES string of the molecule is O=C([O-])[C@H](Nc1ccc(Cl)cc1)c1ccccc1. The maximum absolute atomic E-state index is 11.2. The first-order valence-corrected chi connectivity index (χ1v) is 5.82. The van der Waals surface area contributed by atoms with Crippen molar-refractivity contribution < 1.29 is 9.90 Å². The minimum Gasteiger partial charge on any atom is -0.548 e. The predicted molar refractivity (Wildman–Crippen MR) is 69.3 cm³/mol. The van der Waals surface area contributed by atoms with E-state index in [2.05, 4.69) is 5.32 Å². The molecule has 0 fully saturated rings. The Balaban J connectivity index is 2.22. The molecule has 3 nitrogen and oxygen atoms in total. The molecule has 0 aromatic heterocycles. The highest BCUT2D eigenvalue weighted by molar-refractivity contribution is 6.30. The Morgan fingerprint density at radius 1 is 1.06 bits per heavy atom. The molecule has 0 aliphatic rings. The molecule has 0 spiro atoms. The van der Waals surface area contributed by atoms with Crippen molar-refractivity contribution in [2.75, 3.05) is 5.32 Å². The third kappa shape index (κ3) is 3.02. The van der Waals surface area contributed by atoms with Gasteiger partial charge < -0.3 is 15.2 Å². The number of rotatable bonds is 4. The van der Waals surface area contributed by atoms with Crippen LogP contribution >= 0.6 is 11.6 Å². The van der Waals surface area contributed by atoms with Gasteiger partial charge in [0.15, 0.2) is 0 Å². The van der Waals surface area contributed by atoms with Crippen LogP contribution in [0.25, 0.3) is 0 Å². The first-order valence-electron chi connectivity index (χ1n) is 5.45. The summed E-state index contributed by atoms with van der Waals surface area (Å²) in [6.45, 7) is 0. The van der Waals surface area contributed by atoms with Crippen LogP contribution in [0.5, 0.6) is 0 Å². The fraction of sp³-hybridized carbons (Fsp3) is 0.0714. The quantitative estimate of drug-likeness (QED) is 0.917. The lowest BCUT2D eigenvalue weighted by molar-refractivity contribution is -0.307. The molecule has 2 rings (SSSR count). The van der Waals surface area contributed by atoms with E-state index < -0.39 is 12.0 Å². The topological polar surface area (TPSA) is 52.2 Å². The molecule has 0 amide bonds. The number of aliphatic carboxylic acids is 1. The Labute approximate surface area is 110 Å². The number of carbonyl (C=O) groups is 1. The molecule has 2 aromatic rings. The summed E-state index contributed by atoms with van der Waals surface area (Å²) < 4.78 is 0. The van der Waals surface area contributed by atoms with Gasteiger partial charge in [0.05, 0.1) is 12.0 Å². The minimum atomic E-state index is -1.17. The second kappa shape index (κ2) is 5.56. The van der Waals surface area contributed by atoms with E-state index >= 15 is 0 Å². The largest absolute Gasteiger partial charge is 0.548 e. The Bertz CT molecular complexity index is 525. The van der Waals surface area contributed by atoms with Crippen molar-refractivity contribution in [3.8, 4) is 0 Å². The average Bonchev–Trinajstić information content (AvgIpc) is 2.38. The first-order chi connectivity index (χ1) is 8.66. The van der Waals surface area contributed by atoms with Gasteiger partial charge in [-0.25, -0.2) is 0 Å². The molecule has 0 radical (unpaired) electrons. The third-order valence-electron chi connectivity index (χ3n) is 2.52. The average molecular weight is 261 g/mol. The Morgan fingerprint density at radius 3 is 2.22 bits per heavy atom. The molecule has 0 unspecified atom stereocenters. The number of carboxylic acid groups (broad SMARTS) is 1. The van der Waals surface area contributed by atoms with E-state index in [1.165, 1.54) is 0 Å². The van der Waals surface area contributed by atoms with Gasteiger partial charge in [-0.2, -0.15) is 0 Å². The second-order valence-electron chi connectivity index (χ2n) is 3.81. The van der Waals surface area contributed by atoms with Gasteiger partial charge in [-0.15, -0.1) is 0 Å². The second-order valence-corrected chi connectivity index (χ2v) is 4.25. The maximum atomic E-state index is 11.2. The third-order valence-corrected chi connectivity index (χ3v) is 2.78. The number of benzene rings is 2. The summed E-state index contributed by atoms with van der Waals surface area (Å²) >= 11 is 5.77. The number of hydrogen-bond donors (Lipinski definition) is 1. The zero-order valence-electron chi connectivity index (χ0n) is 9.47. The van der Waals surface area contributed by atoms with E-state index in [9.17, 15) is 9.90 Å². The summed E-state index contributed by atoms with van der Waals surface area (Å²) in [4.78, 5) is 11.2. The molecule has 1 N–H and O–H groups in total. The van der Waals surface area contributed by atoms with E-state index in [-0.39, 0.29) is 0 Å². The molecule has 0 saturated carbocycles. The van der Waals surface area contributed by atoms with E-state index in [0.717, 1.165) is 0 Å². The van der Waals surface area contributed by atoms with E-state index in [1.807, 2.05) is 6.07 Å².